The molecule has 78 valence electrons. The Hall–Kier alpha value is -0.200. The van der Waals surface area contributed by atoms with E-state index >= 15 is 0 Å². The van der Waals surface area contributed by atoms with Crippen LogP contribution in [-0.4, -0.2) is 53.1 Å². The molecule has 13 heavy (non-hydrogen) atoms. The lowest BCUT2D eigenvalue weighted by Crippen LogP contribution is -2.50. The van der Waals surface area contributed by atoms with Crippen molar-refractivity contribution in [3.8, 4) is 0 Å². The molecule has 0 aromatic heterocycles. The molecule has 0 unspecified atom stereocenters. The van der Waals surface area contributed by atoms with Gasteiger partial charge in [-0.05, 0) is 6.92 Å². The molecule has 1 aliphatic heterocycles. The van der Waals surface area contributed by atoms with Crippen molar-refractivity contribution in [2.24, 2.45) is 0 Å². The summed E-state index contributed by atoms with van der Waals surface area (Å²) >= 11 is 0. The van der Waals surface area contributed by atoms with E-state index in [2.05, 4.69) is 0 Å². The van der Waals surface area contributed by atoms with E-state index in [-0.39, 0.29) is 13.0 Å². The van der Waals surface area contributed by atoms with Gasteiger partial charge in [-0.1, -0.05) is 0 Å². The summed E-state index contributed by atoms with van der Waals surface area (Å²) < 4.78 is 10.3. The molecule has 0 aliphatic carbocycles. The summed E-state index contributed by atoms with van der Waals surface area (Å²) in [5.74, 6) is 0. The third-order valence-electron chi connectivity index (χ3n) is 2.07. The van der Waals surface area contributed by atoms with E-state index in [0.717, 1.165) is 0 Å². The number of hydrogen-bond donors (Lipinski definition) is 3. The van der Waals surface area contributed by atoms with Gasteiger partial charge in [0.25, 0.3) is 0 Å². The second kappa shape index (κ2) is 4.88. The van der Waals surface area contributed by atoms with Crippen LogP contribution in [0.1, 0.15) is 13.3 Å². The van der Waals surface area contributed by atoms with Gasteiger partial charge in [0, 0.05) is 13.0 Å². The third-order valence-corrected chi connectivity index (χ3v) is 2.07. The molecule has 5 nitrogen and oxygen atoms in total. The van der Waals surface area contributed by atoms with Gasteiger partial charge in [-0.3, -0.25) is 0 Å². The fourth-order valence-electron chi connectivity index (χ4n) is 1.36. The average molecular weight is 192 g/mol. The maximum atomic E-state index is 9.36. The summed E-state index contributed by atoms with van der Waals surface area (Å²) in [5, 5.41) is 27.5. The van der Waals surface area contributed by atoms with Gasteiger partial charge >= 0.3 is 0 Å². The van der Waals surface area contributed by atoms with Crippen LogP contribution in [0.2, 0.25) is 0 Å². The Morgan fingerprint density at radius 1 is 1.46 bits per heavy atom. The predicted octanol–water partition coefficient (Wildman–Crippen LogP) is -1.15. The molecule has 0 bridgehead atoms. The molecule has 0 radical (unpaired) electrons. The van der Waals surface area contributed by atoms with Gasteiger partial charge in [-0.15, -0.1) is 0 Å². The normalized spacial score (nSPS) is 40.6. The zero-order chi connectivity index (χ0) is 9.84. The van der Waals surface area contributed by atoms with Gasteiger partial charge in [-0.25, -0.2) is 0 Å². The minimum absolute atomic E-state index is 0.242. The van der Waals surface area contributed by atoms with Crippen LogP contribution in [0.4, 0.5) is 0 Å². The van der Waals surface area contributed by atoms with Gasteiger partial charge in [0.15, 0.2) is 6.29 Å². The second-order valence-electron chi connectivity index (χ2n) is 3.04. The molecule has 1 fully saturated rings. The van der Waals surface area contributed by atoms with E-state index in [1.165, 1.54) is 0 Å². The molecule has 5 heteroatoms. The average Bonchev–Trinajstić information content (AvgIpc) is 2.11. The molecule has 1 aliphatic rings. The lowest BCUT2D eigenvalue weighted by molar-refractivity contribution is -0.255. The summed E-state index contributed by atoms with van der Waals surface area (Å²) in [5.41, 5.74) is 0. The Bertz CT molecular complexity index is 151. The Labute approximate surface area is 76.9 Å². The molecule has 3 N–H and O–H groups in total. The first-order chi connectivity index (χ1) is 6.19. The molecule has 1 rings (SSSR count). The first-order valence-electron chi connectivity index (χ1n) is 4.43. The van der Waals surface area contributed by atoms with Gasteiger partial charge in [0.2, 0.25) is 0 Å². The molecular formula is C8H16O5. The largest absolute Gasteiger partial charge is 0.394 e. The summed E-state index contributed by atoms with van der Waals surface area (Å²) in [7, 11) is 0. The van der Waals surface area contributed by atoms with Crippen LogP contribution in [0.5, 0.6) is 0 Å². The highest BCUT2D eigenvalue weighted by Crippen LogP contribution is 2.20. The van der Waals surface area contributed by atoms with Crippen molar-refractivity contribution in [2.45, 2.75) is 37.9 Å². The number of hydrogen-bond acceptors (Lipinski definition) is 5. The third kappa shape index (κ3) is 2.62. The second-order valence-corrected chi connectivity index (χ2v) is 3.04. The summed E-state index contributed by atoms with van der Waals surface area (Å²) in [6, 6.07) is 0. The zero-order valence-corrected chi connectivity index (χ0v) is 7.59. The predicted molar refractivity (Wildman–Crippen MR) is 44.0 cm³/mol. The van der Waals surface area contributed by atoms with Crippen molar-refractivity contribution in [3.63, 3.8) is 0 Å². The summed E-state index contributed by atoms with van der Waals surface area (Å²) in [6.45, 7) is 1.97. The van der Waals surface area contributed by atoms with Gasteiger partial charge < -0.3 is 24.8 Å². The number of ether oxygens (including phenoxy) is 2. The molecule has 1 saturated heterocycles. The monoisotopic (exact) mass is 192 g/mol. The molecular weight excluding hydrogens is 176 g/mol. The van der Waals surface area contributed by atoms with Crippen LogP contribution in [0.15, 0.2) is 0 Å². The zero-order valence-electron chi connectivity index (χ0n) is 7.59. The Balaban J connectivity index is 2.47. The summed E-state index contributed by atoms with van der Waals surface area (Å²) in [6.07, 6.45) is -2.95. The number of rotatable bonds is 3. The van der Waals surface area contributed by atoms with Crippen LogP contribution < -0.4 is 0 Å². The first kappa shape index (κ1) is 10.9. The van der Waals surface area contributed by atoms with E-state index in [4.69, 9.17) is 14.6 Å². The van der Waals surface area contributed by atoms with Crippen molar-refractivity contribution < 1.29 is 24.8 Å². The van der Waals surface area contributed by atoms with Crippen molar-refractivity contribution in [1.29, 1.82) is 0 Å². The maximum absolute atomic E-state index is 9.36. The van der Waals surface area contributed by atoms with E-state index in [1.807, 2.05) is 6.92 Å². The van der Waals surface area contributed by atoms with Crippen molar-refractivity contribution in [1.82, 2.24) is 0 Å². The van der Waals surface area contributed by atoms with Crippen LogP contribution in [0.3, 0.4) is 0 Å². The smallest absolute Gasteiger partial charge is 0.160 e. The van der Waals surface area contributed by atoms with Crippen molar-refractivity contribution in [2.75, 3.05) is 13.2 Å². The first-order valence-corrected chi connectivity index (χ1v) is 4.43. The number of aliphatic hydroxyl groups is 3. The fraction of sp³-hybridized carbons (Fsp3) is 1.00. The van der Waals surface area contributed by atoms with E-state index < -0.39 is 24.6 Å². The highest BCUT2D eigenvalue weighted by atomic mass is 16.7. The highest BCUT2D eigenvalue weighted by Gasteiger charge is 2.36. The molecule has 0 aromatic carbocycles. The SMILES string of the molecule is CCO[C@H]1C[C@@H](O)[C@@H](O)[C@@H](CO)O1. The van der Waals surface area contributed by atoms with Crippen LogP contribution >= 0.6 is 0 Å². The number of aliphatic hydroxyl groups excluding tert-OH is 3. The fourth-order valence-corrected chi connectivity index (χ4v) is 1.36. The molecule has 1 heterocycles. The van der Waals surface area contributed by atoms with Crippen LogP contribution in [-0.2, 0) is 9.47 Å². The molecule has 0 saturated carbocycles. The highest BCUT2D eigenvalue weighted by molar-refractivity contribution is 4.82. The Morgan fingerprint density at radius 3 is 2.69 bits per heavy atom. The Morgan fingerprint density at radius 2 is 2.15 bits per heavy atom. The summed E-state index contributed by atoms with van der Waals surface area (Å²) in [4.78, 5) is 0. The quantitative estimate of drug-likeness (QED) is 0.526. The minimum atomic E-state index is -1.03. The maximum Gasteiger partial charge on any atom is 0.160 e. The van der Waals surface area contributed by atoms with Crippen molar-refractivity contribution >= 4 is 0 Å². The molecule has 4 atom stereocenters. The Kier molecular flexibility index (Phi) is 4.08. The van der Waals surface area contributed by atoms with Crippen LogP contribution in [0, 0.1) is 0 Å². The molecule has 0 spiro atoms. The van der Waals surface area contributed by atoms with E-state index in [1.54, 1.807) is 0 Å². The topological polar surface area (TPSA) is 79.2 Å². The van der Waals surface area contributed by atoms with E-state index in [9.17, 15) is 10.2 Å². The van der Waals surface area contributed by atoms with Crippen molar-refractivity contribution in [3.05, 3.63) is 0 Å². The lowest BCUT2D eigenvalue weighted by atomic mass is 10.0. The lowest BCUT2D eigenvalue weighted by Gasteiger charge is -2.35. The van der Waals surface area contributed by atoms with Gasteiger partial charge in [0.1, 0.15) is 12.2 Å². The van der Waals surface area contributed by atoms with E-state index in [0.29, 0.717) is 6.61 Å². The van der Waals surface area contributed by atoms with Gasteiger partial charge in [-0.2, -0.15) is 0 Å². The van der Waals surface area contributed by atoms with Gasteiger partial charge in [0.05, 0.1) is 12.7 Å². The molecule has 0 amide bonds. The molecule has 0 aromatic rings. The minimum Gasteiger partial charge on any atom is -0.394 e. The standard InChI is InChI=1S/C8H16O5/c1-2-12-7-3-5(10)8(11)6(4-9)13-7/h5-11H,2-4H2,1H3/t5-,6-,7-,8-/m1/s1. The van der Waals surface area contributed by atoms with Crippen LogP contribution in [0.25, 0.3) is 0 Å².